The Morgan fingerprint density at radius 1 is 0.886 bits per heavy atom. The summed E-state index contributed by atoms with van der Waals surface area (Å²) in [7, 11) is 0. The predicted octanol–water partition coefficient (Wildman–Crippen LogP) is 5.00. The van der Waals surface area contributed by atoms with Gasteiger partial charge >= 0.3 is 0 Å². The Hall–Kier alpha value is -4.45. The summed E-state index contributed by atoms with van der Waals surface area (Å²) in [6, 6.07) is 21.5. The molecule has 2 aliphatic rings. The molecule has 6 nitrogen and oxygen atoms in total. The first-order valence-electron chi connectivity index (χ1n) is 11.5. The highest BCUT2D eigenvalue weighted by Crippen LogP contribution is 2.51. The van der Waals surface area contributed by atoms with E-state index in [1.54, 1.807) is 60.7 Å². The first-order valence-corrected chi connectivity index (χ1v) is 11.5. The number of anilines is 2. The minimum Gasteiger partial charge on any atom is -0.439 e. The van der Waals surface area contributed by atoms with Gasteiger partial charge in [-0.3, -0.25) is 14.4 Å². The van der Waals surface area contributed by atoms with Gasteiger partial charge in [0, 0.05) is 12.1 Å². The molecule has 2 amide bonds. The van der Waals surface area contributed by atoms with Gasteiger partial charge in [-0.2, -0.15) is 0 Å². The van der Waals surface area contributed by atoms with Gasteiger partial charge in [-0.05, 0) is 55.3 Å². The van der Waals surface area contributed by atoms with Gasteiger partial charge in [-0.25, -0.2) is 4.90 Å². The third-order valence-corrected chi connectivity index (χ3v) is 6.89. The van der Waals surface area contributed by atoms with Crippen molar-refractivity contribution >= 4 is 34.4 Å². The van der Waals surface area contributed by atoms with Gasteiger partial charge in [-0.1, -0.05) is 54.6 Å². The minimum atomic E-state index is -1.60. The molecule has 0 fully saturated rings. The lowest BCUT2D eigenvalue weighted by molar-refractivity contribution is -0.124. The molecule has 0 bridgehead atoms. The fourth-order valence-corrected chi connectivity index (χ4v) is 5.30. The summed E-state index contributed by atoms with van der Waals surface area (Å²) in [5, 5.41) is 0.370. The minimum absolute atomic E-state index is 0.161. The van der Waals surface area contributed by atoms with Crippen LogP contribution < -0.4 is 10.3 Å². The van der Waals surface area contributed by atoms with Crippen LogP contribution in [0.2, 0.25) is 0 Å². The summed E-state index contributed by atoms with van der Waals surface area (Å²) in [4.78, 5) is 45.1. The maximum Gasteiger partial charge on any atom is 0.269 e. The summed E-state index contributed by atoms with van der Waals surface area (Å²) < 4.78 is 6.29. The van der Waals surface area contributed by atoms with Crippen LogP contribution in [0.3, 0.4) is 0 Å². The number of carbonyl (C=O) groups is 2. The van der Waals surface area contributed by atoms with Crippen molar-refractivity contribution in [2.24, 2.45) is 0 Å². The van der Waals surface area contributed by atoms with Crippen LogP contribution in [0.15, 0.2) is 94.2 Å². The molecule has 0 aliphatic carbocycles. The highest BCUT2D eigenvalue weighted by atomic mass is 16.4. The zero-order valence-corrected chi connectivity index (χ0v) is 19.3. The van der Waals surface area contributed by atoms with Gasteiger partial charge in [0.2, 0.25) is 11.3 Å². The standard InChI is InChI=1S/C29H22N2O4/c1-18-10-8-11-19(2)24(18)31-27-23(25(32)21-14-6-7-15-22(21)35-27)29(28(31)34)16-9-17-30(29)26(33)20-12-4-3-5-13-20/h3-16H,17H2,1-2H3. The van der Waals surface area contributed by atoms with Crippen LogP contribution >= 0.6 is 0 Å². The Morgan fingerprint density at radius 2 is 1.57 bits per heavy atom. The number of nitrogens with zero attached hydrogens (tertiary/aromatic N) is 2. The van der Waals surface area contributed by atoms with E-state index in [0.29, 0.717) is 22.2 Å². The second kappa shape index (κ2) is 7.53. The molecular weight excluding hydrogens is 440 g/mol. The lowest BCUT2D eigenvalue weighted by Crippen LogP contribution is -2.52. The molecule has 1 unspecified atom stereocenters. The average molecular weight is 463 g/mol. The molecule has 1 aromatic heterocycles. The van der Waals surface area contributed by atoms with Gasteiger partial charge in [0.25, 0.3) is 11.8 Å². The van der Waals surface area contributed by atoms with E-state index in [2.05, 4.69) is 0 Å². The highest BCUT2D eigenvalue weighted by molar-refractivity contribution is 6.16. The molecule has 6 heteroatoms. The van der Waals surface area contributed by atoms with Crippen molar-refractivity contribution in [2.45, 2.75) is 19.4 Å². The van der Waals surface area contributed by atoms with E-state index in [-0.39, 0.29) is 29.3 Å². The fraction of sp³-hybridized carbons (Fsp3) is 0.138. The maximum atomic E-state index is 14.5. The second-order valence-corrected chi connectivity index (χ2v) is 8.94. The van der Waals surface area contributed by atoms with Crippen LogP contribution in [0.1, 0.15) is 27.0 Å². The van der Waals surface area contributed by atoms with E-state index >= 15 is 0 Å². The van der Waals surface area contributed by atoms with Crippen LogP contribution in [0, 0.1) is 13.8 Å². The Bertz CT molecular complexity index is 1600. The summed E-state index contributed by atoms with van der Waals surface area (Å²) in [6.45, 7) is 4.03. The van der Waals surface area contributed by atoms with Gasteiger partial charge in [-0.15, -0.1) is 0 Å². The molecule has 3 heterocycles. The zero-order valence-electron chi connectivity index (χ0n) is 19.3. The van der Waals surface area contributed by atoms with Crippen LogP contribution in [0.5, 0.6) is 0 Å². The molecule has 35 heavy (non-hydrogen) atoms. The maximum absolute atomic E-state index is 14.5. The molecule has 1 atom stereocenters. The molecule has 3 aromatic carbocycles. The van der Waals surface area contributed by atoms with Gasteiger partial charge in [0.1, 0.15) is 11.1 Å². The number of amides is 2. The predicted molar refractivity (Wildman–Crippen MR) is 134 cm³/mol. The molecule has 1 spiro atoms. The average Bonchev–Trinajstić information content (AvgIpc) is 3.40. The van der Waals surface area contributed by atoms with Crippen LogP contribution in [0.4, 0.5) is 11.6 Å². The molecule has 172 valence electrons. The summed E-state index contributed by atoms with van der Waals surface area (Å²) in [6.07, 6.45) is 3.44. The number of carbonyl (C=O) groups excluding carboxylic acids is 2. The van der Waals surface area contributed by atoms with Crippen LogP contribution in [-0.4, -0.2) is 23.3 Å². The Kier molecular flexibility index (Phi) is 4.54. The van der Waals surface area contributed by atoms with E-state index in [4.69, 9.17) is 4.42 Å². The van der Waals surface area contributed by atoms with E-state index in [1.165, 1.54) is 9.80 Å². The lowest BCUT2D eigenvalue weighted by Gasteiger charge is -2.33. The number of hydrogen-bond acceptors (Lipinski definition) is 4. The summed E-state index contributed by atoms with van der Waals surface area (Å²) in [5.41, 5.74) is 1.47. The molecule has 6 rings (SSSR count). The van der Waals surface area contributed by atoms with Gasteiger partial charge < -0.3 is 9.32 Å². The van der Waals surface area contributed by atoms with E-state index < -0.39 is 11.4 Å². The van der Waals surface area contributed by atoms with Crippen molar-refractivity contribution < 1.29 is 14.0 Å². The number of hydrogen-bond donors (Lipinski definition) is 0. The van der Waals surface area contributed by atoms with Gasteiger partial charge in [0.15, 0.2) is 5.54 Å². The Labute approximate surface area is 201 Å². The second-order valence-electron chi connectivity index (χ2n) is 8.94. The van der Waals surface area contributed by atoms with Crippen molar-refractivity contribution in [3.05, 3.63) is 117 Å². The topological polar surface area (TPSA) is 70.8 Å². The molecular formula is C29H22N2O4. The molecule has 2 aliphatic heterocycles. The zero-order chi connectivity index (χ0) is 24.3. The highest BCUT2D eigenvalue weighted by Gasteiger charge is 2.60. The van der Waals surface area contributed by atoms with Crippen molar-refractivity contribution in [3.63, 3.8) is 0 Å². The monoisotopic (exact) mass is 462 g/mol. The smallest absolute Gasteiger partial charge is 0.269 e. The van der Waals surface area contributed by atoms with E-state index in [0.717, 1.165) is 11.1 Å². The number of rotatable bonds is 2. The molecule has 0 radical (unpaired) electrons. The fourth-order valence-electron chi connectivity index (χ4n) is 5.30. The number of benzene rings is 3. The number of aryl methyl sites for hydroxylation is 2. The number of para-hydroxylation sites is 2. The third kappa shape index (κ3) is 2.80. The van der Waals surface area contributed by atoms with Crippen molar-refractivity contribution in [2.75, 3.05) is 11.4 Å². The molecule has 0 saturated carbocycles. The van der Waals surface area contributed by atoms with Crippen molar-refractivity contribution in [3.8, 4) is 0 Å². The number of fused-ring (bicyclic) bond motifs is 3. The van der Waals surface area contributed by atoms with Crippen molar-refractivity contribution in [1.29, 1.82) is 0 Å². The third-order valence-electron chi connectivity index (χ3n) is 6.89. The molecule has 0 N–H and O–H groups in total. The first kappa shape index (κ1) is 21.1. The van der Waals surface area contributed by atoms with Crippen LogP contribution in [-0.2, 0) is 10.3 Å². The van der Waals surface area contributed by atoms with Gasteiger partial charge in [0.05, 0.1) is 11.1 Å². The Morgan fingerprint density at radius 3 is 2.31 bits per heavy atom. The normalized spacial score (nSPS) is 18.6. The lowest BCUT2D eigenvalue weighted by atomic mass is 9.90. The summed E-state index contributed by atoms with van der Waals surface area (Å²) in [5.74, 6) is -0.571. The quantitative estimate of drug-likeness (QED) is 0.393. The summed E-state index contributed by atoms with van der Waals surface area (Å²) >= 11 is 0. The Balaban J connectivity index is 1.68. The first-order chi connectivity index (χ1) is 16.9. The molecule has 4 aromatic rings. The van der Waals surface area contributed by atoms with E-state index in [9.17, 15) is 14.4 Å². The van der Waals surface area contributed by atoms with Crippen molar-refractivity contribution in [1.82, 2.24) is 4.90 Å². The molecule has 0 saturated heterocycles. The SMILES string of the molecule is Cc1cccc(C)c1N1C(=O)C2(C=CCN2C(=O)c2ccccc2)c2c1oc1ccccc1c2=O. The van der Waals surface area contributed by atoms with Crippen LogP contribution in [0.25, 0.3) is 11.0 Å². The largest absolute Gasteiger partial charge is 0.439 e. The van der Waals surface area contributed by atoms with E-state index in [1.807, 2.05) is 38.1 Å².